The van der Waals surface area contributed by atoms with Crippen LogP contribution in [0.3, 0.4) is 0 Å². The molecule has 1 unspecified atom stereocenters. The summed E-state index contributed by atoms with van der Waals surface area (Å²) in [5, 5.41) is 4.02. The number of benzene rings is 1. The lowest BCUT2D eigenvalue weighted by molar-refractivity contribution is -0.117. The monoisotopic (exact) mass is 359 g/mol. The van der Waals surface area contributed by atoms with Gasteiger partial charge in [0.25, 0.3) is 5.91 Å². The zero-order chi connectivity index (χ0) is 17.4. The number of ether oxygens (including phenoxy) is 2. The fourth-order valence-corrected chi connectivity index (χ4v) is 4.20. The summed E-state index contributed by atoms with van der Waals surface area (Å²) in [4.78, 5) is 20.0. The van der Waals surface area contributed by atoms with Crippen molar-refractivity contribution in [1.82, 2.24) is 10.2 Å². The SMILES string of the molecule is CC1=C(C(=O)NC(C)c2ccc3c(c2)OCCCO3)SC2=NCCN21. The highest BCUT2D eigenvalue weighted by Crippen LogP contribution is 2.37. The Balaban J connectivity index is 1.48. The second-order valence-electron chi connectivity index (χ2n) is 6.28. The predicted molar refractivity (Wildman–Crippen MR) is 97.9 cm³/mol. The summed E-state index contributed by atoms with van der Waals surface area (Å²) in [5.41, 5.74) is 1.99. The van der Waals surface area contributed by atoms with Gasteiger partial charge in [-0.3, -0.25) is 9.79 Å². The molecule has 1 amide bonds. The Morgan fingerprint density at radius 2 is 2.12 bits per heavy atom. The molecule has 7 heteroatoms. The highest BCUT2D eigenvalue weighted by atomic mass is 32.2. The third kappa shape index (κ3) is 3.08. The smallest absolute Gasteiger partial charge is 0.260 e. The number of carbonyl (C=O) groups is 1. The van der Waals surface area contributed by atoms with E-state index in [-0.39, 0.29) is 11.9 Å². The molecule has 1 N–H and O–H groups in total. The van der Waals surface area contributed by atoms with E-state index in [0.29, 0.717) is 13.2 Å². The summed E-state index contributed by atoms with van der Waals surface area (Å²) in [6.07, 6.45) is 0.876. The van der Waals surface area contributed by atoms with E-state index in [0.717, 1.165) is 52.3 Å². The van der Waals surface area contributed by atoms with Crippen molar-refractivity contribution < 1.29 is 14.3 Å². The molecule has 0 saturated heterocycles. The molecular formula is C18H21N3O3S. The van der Waals surface area contributed by atoms with Gasteiger partial charge in [0.05, 0.1) is 30.7 Å². The van der Waals surface area contributed by atoms with Crippen molar-refractivity contribution in [2.75, 3.05) is 26.3 Å². The van der Waals surface area contributed by atoms with Gasteiger partial charge in [-0.1, -0.05) is 6.07 Å². The minimum absolute atomic E-state index is 0.0563. The van der Waals surface area contributed by atoms with Crippen LogP contribution in [0.5, 0.6) is 11.5 Å². The molecule has 1 aromatic rings. The number of aliphatic imine (C=N–C) groups is 1. The van der Waals surface area contributed by atoms with Crippen LogP contribution < -0.4 is 14.8 Å². The summed E-state index contributed by atoms with van der Waals surface area (Å²) in [7, 11) is 0. The molecule has 3 heterocycles. The molecule has 0 bridgehead atoms. The van der Waals surface area contributed by atoms with Crippen molar-refractivity contribution in [3.8, 4) is 11.5 Å². The number of nitrogens with one attached hydrogen (secondary N) is 1. The van der Waals surface area contributed by atoms with Crippen LogP contribution in [0.25, 0.3) is 0 Å². The molecule has 0 spiro atoms. The number of amidine groups is 1. The van der Waals surface area contributed by atoms with Crippen molar-refractivity contribution >= 4 is 22.8 Å². The summed E-state index contributed by atoms with van der Waals surface area (Å²) < 4.78 is 11.4. The summed E-state index contributed by atoms with van der Waals surface area (Å²) in [6, 6.07) is 5.72. The van der Waals surface area contributed by atoms with Gasteiger partial charge in [-0.25, -0.2) is 0 Å². The highest BCUT2D eigenvalue weighted by molar-refractivity contribution is 8.18. The van der Waals surface area contributed by atoms with Gasteiger partial charge in [-0.15, -0.1) is 0 Å². The van der Waals surface area contributed by atoms with Crippen LogP contribution in [0, 0.1) is 0 Å². The number of amides is 1. The predicted octanol–water partition coefficient (Wildman–Crippen LogP) is 2.68. The Morgan fingerprint density at radius 3 is 2.92 bits per heavy atom. The van der Waals surface area contributed by atoms with Crippen LogP contribution >= 0.6 is 11.8 Å². The average molecular weight is 359 g/mol. The van der Waals surface area contributed by atoms with Crippen molar-refractivity contribution in [2.24, 2.45) is 4.99 Å². The lowest BCUT2D eigenvalue weighted by Gasteiger charge is -2.17. The Morgan fingerprint density at radius 1 is 1.32 bits per heavy atom. The topological polar surface area (TPSA) is 63.2 Å². The first-order valence-corrected chi connectivity index (χ1v) is 9.36. The number of carbonyl (C=O) groups excluding carboxylic acids is 1. The lowest BCUT2D eigenvalue weighted by Crippen LogP contribution is -2.27. The van der Waals surface area contributed by atoms with E-state index >= 15 is 0 Å². The van der Waals surface area contributed by atoms with Crippen LogP contribution in [-0.4, -0.2) is 42.3 Å². The van der Waals surface area contributed by atoms with Crippen molar-refractivity contribution in [3.05, 3.63) is 34.4 Å². The maximum atomic E-state index is 12.7. The lowest BCUT2D eigenvalue weighted by atomic mass is 10.1. The summed E-state index contributed by atoms with van der Waals surface area (Å²) in [6.45, 7) is 6.95. The van der Waals surface area contributed by atoms with E-state index in [2.05, 4.69) is 15.2 Å². The van der Waals surface area contributed by atoms with Gasteiger partial charge in [0, 0.05) is 18.7 Å². The van der Waals surface area contributed by atoms with Crippen LogP contribution in [0.15, 0.2) is 33.8 Å². The fourth-order valence-electron chi connectivity index (χ4n) is 3.12. The van der Waals surface area contributed by atoms with Gasteiger partial charge in [-0.2, -0.15) is 0 Å². The van der Waals surface area contributed by atoms with E-state index in [4.69, 9.17) is 9.47 Å². The first kappa shape index (κ1) is 16.3. The minimum atomic E-state index is -0.122. The second kappa shape index (κ2) is 6.63. The molecule has 0 aromatic heterocycles. The zero-order valence-corrected chi connectivity index (χ0v) is 15.2. The summed E-state index contributed by atoms with van der Waals surface area (Å²) in [5.74, 6) is 1.46. The first-order valence-electron chi connectivity index (χ1n) is 8.54. The van der Waals surface area contributed by atoms with Crippen LogP contribution in [0.1, 0.15) is 31.9 Å². The molecule has 6 nitrogen and oxygen atoms in total. The molecule has 0 aliphatic carbocycles. The molecule has 0 fully saturated rings. The maximum absolute atomic E-state index is 12.7. The number of hydrogen-bond donors (Lipinski definition) is 1. The Hall–Kier alpha value is -2.15. The number of thioether (sulfide) groups is 1. The number of rotatable bonds is 3. The van der Waals surface area contributed by atoms with Crippen LogP contribution in [0.2, 0.25) is 0 Å². The van der Waals surface area contributed by atoms with Crippen molar-refractivity contribution in [1.29, 1.82) is 0 Å². The summed E-state index contributed by atoms with van der Waals surface area (Å²) >= 11 is 1.46. The molecule has 1 atom stereocenters. The van der Waals surface area contributed by atoms with Gasteiger partial charge in [0.15, 0.2) is 16.7 Å². The van der Waals surface area contributed by atoms with Crippen LogP contribution in [-0.2, 0) is 4.79 Å². The van der Waals surface area contributed by atoms with Gasteiger partial charge >= 0.3 is 0 Å². The molecular weight excluding hydrogens is 338 g/mol. The van der Waals surface area contributed by atoms with E-state index < -0.39 is 0 Å². The van der Waals surface area contributed by atoms with E-state index in [9.17, 15) is 4.79 Å². The molecule has 3 aliphatic rings. The number of fused-ring (bicyclic) bond motifs is 2. The fraction of sp³-hybridized carbons (Fsp3) is 0.444. The third-order valence-electron chi connectivity index (χ3n) is 4.55. The number of nitrogens with zero attached hydrogens (tertiary/aromatic N) is 2. The Bertz CT molecular complexity index is 775. The van der Waals surface area contributed by atoms with Gasteiger partial charge in [0.1, 0.15) is 0 Å². The quantitative estimate of drug-likeness (QED) is 0.899. The average Bonchev–Trinajstić information content (AvgIpc) is 3.09. The molecule has 4 rings (SSSR count). The van der Waals surface area contributed by atoms with E-state index in [1.165, 1.54) is 11.8 Å². The molecule has 1 aromatic carbocycles. The van der Waals surface area contributed by atoms with Crippen molar-refractivity contribution in [2.45, 2.75) is 26.3 Å². The van der Waals surface area contributed by atoms with E-state index in [1.807, 2.05) is 32.0 Å². The van der Waals surface area contributed by atoms with E-state index in [1.54, 1.807) is 0 Å². The molecule has 132 valence electrons. The van der Waals surface area contributed by atoms with Gasteiger partial charge in [0.2, 0.25) is 0 Å². The minimum Gasteiger partial charge on any atom is -0.490 e. The number of allylic oxidation sites excluding steroid dienone is 1. The molecule has 0 saturated carbocycles. The molecule has 3 aliphatic heterocycles. The third-order valence-corrected chi connectivity index (χ3v) is 5.77. The largest absolute Gasteiger partial charge is 0.490 e. The number of hydrogen-bond acceptors (Lipinski definition) is 6. The first-order chi connectivity index (χ1) is 12.1. The second-order valence-corrected chi connectivity index (χ2v) is 7.26. The Kier molecular flexibility index (Phi) is 4.33. The van der Waals surface area contributed by atoms with Crippen LogP contribution in [0.4, 0.5) is 0 Å². The molecule has 0 radical (unpaired) electrons. The van der Waals surface area contributed by atoms with Gasteiger partial charge in [-0.05, 0) is 43.3 Å². The normalized spacial score (nSPS) is 20.1. The zero-order valence-electron chi connectivity index (χ0n) is 14.4. The van der Waals surface area contributed by atoms with Gasteiger partial charge < -0.3 is 19.7 Å². The highest BCUT2D eigenvalue weighted by Gasteiger charge is 2.33. The maximum Gasteiger partial charge on any atom is 0.260 e. The molecule has 25 heavy (non-hydrogen) atoms. The Labute approximate surface area is 151 Å². The van der Waals surface area contributed by atoms with Crippen molar-refractivity contribution in [3.63, 3.8) is 0 Å². The standard InChI is InChI=1S/C18H21N3O3S/c1-11(13-4-5-14-15(10-13)24-9-3-8-23-14)20-17(22)16-12(2)21-7-6-19-18(21)25-16/h4-5,10-11H,3,6-9H2,1-2H3,(H,20,22).